The second-order valence-electron chi connectivity index (χ2n) is 3.66. The molecule has 0 aliphatic rings. The molecule has 0 saturated heterocycles. The summed E-state index contributed by atoms with van der Waals surface area (Å²) in [7, 11) is 3.16. The molecule has 84 valence electrons. The monoisotopic (exact) mass is 203 g/mol. The summed E-state index contributed by atoms with van der Waals surface area (Å²) in [5, 5.41) is 0. The SMILES string of the molecule is COCCN(CC(C)C)C(=O)COC. The first kappa shape index (κ1) is 13.4. The number of rotatable bonds is 7. The Labute approximate surface area is 86.2 Å². The average Bonchev–Trinajstić information content (AvgIpc) is 2.12. The Balaban J connectivity index is 4.01. The number of carbonyl (C=O) groups excluding carboxylic acids is 1. The Morgan fingerprint density at radius 3 is 2.36 bits per heavy atom. The van der Waals surface area contributed by atoms with Crippen LogP contribution >= 0.6 is 0 Å². The molecule has 0 unspecified atom stereocenters. The Morgan fingerprint density at radius 2 is 1.93 bits per heavy atom. The minimum Gasteiger partial charge on any atom is -0.383 e. The molecule has 0 radical (unpaired) electrons. The molecule has 4 nitrogen and oxygen atoms in total. The van der Waals surface area contributed by atoms with E-state index >= 15 is 0 Å². The molecule has 0 heterocycles. The highest BCUT2D eigenvalue weighted by molar-refractivity contribution is 5.77. The zero-order chi connectivity index (χ0) is 11.0. The van der Waals surface area contributed by atoms with E-state index in [1.54, 1.807) is 12.0 Å². The number of methoxy groups -OCH3 is 2. The molecule has 0 aromatic carbocycles. The van der Waals surface area contributed by atoms with Gasteiger partial charge >= 0.3 is 0 Å². The summed E-state index contributed by atoms with van der Waals surface area (Å²) >= 11 is 0. The van der Waals surface area contributed by atoms with E-state index in [9.17, 15) is 4.79 Å². The average molecular weight is 203 g/mol. The number of hydrogen-bond acceptors (Lipinski definition) is 3. The van der Waals surface area contributed by atoms with Gasteiger partial charge in [-0.05, 0) is 5.92 Å². The predicted octanol–water partition coefficient (Wildman–Crippen LogP) is 0.764. The van der Waals surface area contributed by atoms with Gasteiger partial charge in [-0.15, -0.1) is 0 Å². The maximum Gasteiger partial charge on any atom is 0.248 e. The van der Waals surface area contributed by atoms with Crippen molar-refractivity contribution in [1.82, 2.24) is 4.90 Å². The lowest BCUT2D eigenvalue weighted by molar-refractivity contribution is -0.136. The van der Waals surface area contributed by atoms with E-state index in [4.69, 9.17) is 9.47 Å². The molecule has 0 aliphatic heterocycles. The maximum absolute atomic E-state index is 11.5. The lowest BCUT2D eigenvalue weighted by Crippen LogP contribution is -2.38. The van der Waals surface area contributed by atoms with Crippen molar-refractivity contribution in [2.75, 3.05) is 40.5 Å². The number of ether oxygens (including phenoxy) is 2. The number of hydrogen-bond donors (Lipinski definition) is 0. The molecule has 0 N–H and O–H groups in total. The van der Waals surface area contributed by atoms with Crippen LogP contribution in [0, 0.1) is 5.92 Å². The standard InChI is InChI=1S/C10H21NO3/c1-9(2)7-11(5-6-13-3)10(12)8-14-4/h9H,5-8H2,1-4H3. The molecule has 4 heteroatoms. The van der Waals surface area contributed by atoms with Gasteiger partial charge in [0.05, 0.1) is 6.61 Å². The molecule has 0 saturated carbocycles. The van der Waals surface area contributed by atoms with E-state index in [2.05, 4.69) is 13.8 Å². The Kier molecular flexibility index (Phi) is 7.42. The maximum atomic E-state index is 11.5. The number of amides is 1. The van der Waals surface area contributed by atoms with E-state index in [-0.39, 0.29) is 12.5 Å². The Hall–Kier alpha value is -0.610. The summed E-state index contributed by atoms with van der Waals surface area (Å²) in [6.07, 6.45) is 0. The highest BCUT2D eigenvalue weighted by Crippen LogP contribution is 1.99. The van der Waals surface area contributed by atoms with Crippen molar-refractivity contribution in [1.29, 1.82) is 0 Å². The van der Waals surface area contributed by atoms with Crippen molar-refractivity contribution < 1.29 is 14.3 Å². The van der Waals surface area contributed by atoms with Gasteiger partial charge in [-0.25, -0.2) is 0 Å². The van der Waals surface area contributed by atoms with Gasteiger partial charge < -0.3 is 14.4 Å². The molecular formula is C10H21NO3. The zero-order valence-electron chi connectivity index (χ0n) is 9.58. The predicted molar refractivity (Wildman–Crippen MR) is 55.2 cm³/mol. The van der Waals surface area contributed by atoms with Gasteiger partial charge in [0.15, 0.2) is 0 Å². The van der Waals surface area contributed by atoms with Crippen LogP contribution in [0.25, 0.3) is 0 Å². The molecule has 0 atom stereocenters. The fourth-order valence-corrected chi connectivity index (χ4v) is 1.17. The molecule has 0 aliphatic carbocycles. The van der Waals surface area contributed by atoms with Crippen LogP contribution in [-0.4, -0.2) is 51.3 Å². The molecule has 0 bridgehead atoms. The minimum absolute atomic E-state index is 0.0262. The highest BCUT2D eigenvalue weighted by Gasteiger charge is 2.13. The summed E-state index contributed by atoms with van der Waals surface area (Å²) in [5.74, 6) is 0.492. The minimum atomic E-state index is 0.0262. The van der Waals surface area contributed by atoms with Gasteiger partial charge in [-0.2, -0.15) is 0 Å². The molecule has 0 aromatic rings. The third-order valence-corrected chi connectivity index (χ3v) is 1.77. The lowest BCUT2D eigenvalue weighted by Gasteiger charge is -2.23. The normalized spacial score (nSPS) is 10.6. The first-order chi connectivity index (χ1) is 6.61. The zero-order valence-corrected chi connectivity index (χ0v) is 9.58. The van der Waals surface area contributed by atoms with E-state index in [0.29, 0.717) is 19.1 Å². The van der Waals surface area contributed by atoms with Gasteiger partial charge in [-0.3, -0.25) is 4.79 Å². The van der Waals surface area contributed by atoms with E-state index in [1.807, 2.05) is 0 Å². The van der Waals surface area contributed by atoms with Crippen molar-refractivity contribution in [3.63, 3.8) is 0 Å². The van der Waals surface area contributed by atoms with Crippen LogP contribution in [0.4, 0.5) is 0 Å². The smallest absolute Gasteiger partial charge is 0.248 e. The van der Waals surface area contributed by atoms with Crippen molar-refractivity contribution in [2.24, 2.45) is 5.92 Å². The Bertz CT molecular complexity index is 159. The quantitative estimate of drug-likeness (QED) is 0.613. The van der Waals surface area contributed by atoms with Gasteiger partial charge in [0.1, 0.15) is 6.61 Å². The summed E-state index contributed by atoms with van der Waals surface area (Å²) in [6.45, 7) is 6.28. The highest BCUT2D eigenvalue weighted by atomic mass is 16.5. The fourth-order valence-electron chi connectivity index (χ4n) is 1.17. The third-order valence-electron chi connectivity index (χ3n) is 1.77. The van der Waals surface area contributed by atoms with Crippen LogP contribution in [-0.2, 0) is 14.3 Å². The summed E-state index contributed by atoms with van der Waals surface area (Å²) in [4.78, 5) is 13.3. The first-order valence-corrected chi connectivity index (χ1v) is 4.87. The van der Waals surface area contributed by atoms with Gasteiger partial charge in [0.25, 0.3) is 0 Å². The first-order valence-electron chi connectivity index (χ1n) is 4.87. The van der Waals surface area contributed by atoms with Gasteiger partial charge in [-0.1, -0.05) is 13.8 Å². The molecule has 14 heavy (non-hydrogen) atoms. The van der Waals surface area contributed by atoms with Crippen molar-refractivity contribution in [2.45, 2.75) is 13.8 Å². The molecule has 1 amide bonds. The third kappa shape index (κ3) is 5.94. The van der Waals surface area contributed by atoms with Crippen LogP contribution in [0.5, 0.6) is 0 Å². The topological polar surface area (TPSA) is 38.8 Å². The molecule has 0 rings (SSSR count). The molecular weight excluding hydrogens is 182 g/mol. The molecule has 0 fully saturated rings. The van der Waals surface area contributed by atoms with Crippen LogP contribution in [0.15, 0.2) is 0 Å². The summed E-state index contributed by atoms with van der Waals surface area (Å²) in [5.41, 5.74) is 0. The van der Waals surface area contributed by atoms with Gasteiger partial charge in [0, 0.05) is 27.3 Å². The largest absolute Gasteiger partial charge is 0.383 e. The lowest BCUT2D eigenvalue weighted by atomic mass is 10.2. The summed E-state index contributed by atoms with van der Waals surface area (Å²) in [6, 6.07) is 0. The number of carbonyl (C=O) groups is 1. The molecule has 0 aromatic heterocycles. The Morgan fingerprint density at radius 1 is 1.29 bits per heavy atom. The summed E-state index contributed by atoms with van der Waals surface area (Å²) < 4.78 is 9.76. The van der Waals surface area contributed by atoms with Gasteiger partial charge in [0.2, 0.25) is 5.91 Å². The molecule has 0 spiro atoms. The second-order valence-corrected chi connectivity index (χ2v) is 3.66. The van der Waals surface area contributed by atoms with Crippen LogP contribution in [0.2, 0.25) is 0 Å². The van der Waals surface area contributed by atoms with Crippen molar-refractivity contribution >= 4 is 5.91 Å². The van der Waals surface area contributed by atoms with Crippen molar-refractivity contribution in [3.05, 3.63) is 0 Å². The second kappa shape index (κ2) is 7.76. The number of nitrogens with zero attached hydrogens (tertiary/aromatic N) is 1. The van der Waals surface area contributed by atoms with Crippen LogP contribution < -0.4 is 0 Å². The van der Waals surface area contributed by atoms with Crippen molar-refractivity contribution in [3.8, 4) is 0 Å². The van der Waals surface area contributed by atoms with Crippen LogP contribution in [0.1, 0.15) is 13.8 Å². The van der Waals surface area contributed by atoms with E-state index in [1.165, 1.54) is 7.11 Å². The fraction of sp³-hybridized carbons (Fsp3) is 0.900. The van der Waals surface area contributed by atoms with E-state index < -0.39 is 0 Å². The van der Waals surface area contributed by atoms with E-state index in [0.717, 1.165) is 6.54 Å². The van der Waals surface area contributed by atoms with Crippen LogP contribution in [0.3, 0.4) is 0 Å².